The molecule has 134 valence electrons. The van der Waals surface area contributed by atoms with Crippen molar-refractivity contribution in [2.75, 3.05) is 29.5 Å². The number of nitrogens with zero attached hydrogens (tertiary/aromatic N) is 1. The molecule has 2 aromatic rings. The van der Waals surface area contributed by atoms with Crippen LogP contribution in [-0.4, -0.2) is 18.0 Å². The quantitative estimate of drug-likeness (QED) is 0.307. The Hall–Kier alpha value is -3.06. The number of nitrogens with two attached hydrogens (primary N) is 1. The Bertz CT molecular complexity index is 857. The van der Waals surface area contributed by atoms with Crippen LogP contribution in [0.3, 0.4) is 0 Å². The number of benzene rings is 2. The van der Waals surface area contributed by atoms with Gasteiger partial charge in [0, 0.05) is 16.1 Å². The zero-order valence-electron chi connectivity index (χ0n) is 13.6. The second-order valence-corrected chi connectivity index (χ2v) is 5.64. The highest BCUT2D eigenvalue weighted by atomic mass is 35.5. The lowest BCUT2D eigenvalue weighted by atomic mass is 10.2. The molecular formula is C18H16Cl2N4O2. The smallest absolute Gasteiger partial charge is 0.292 e. The Kier molecular flexibility index (Phi) is 8.66. The van der Waals surface area contributed by atoms with Crippen molar-refractivity contribution in [1.29, 1.82) is 0 Å². The van der Waals surface area contributed by atoms with Crippen LogP contribution in [0.5, 0.6) is 0 Å². The normalized spacial score (nSPS) is 9.08. The van der Waals surface area contributed by atoms with Gasteiger partial charge in [0.05, 0.1) is 29.4 Å². The molecule has 0 amide bonds. The van der Waals surface area contributed by atoms with Gasteiger partial charge in [0.25, 0.3) is 5.69 Å². The van der Waals surface area contributed by atoms with Crippen LogP contribution in [-0.2, 0) is 0 Å². The largest absolute Gasteiger partial charge is 0.397 e. The molecule has 0 saturated carbocycles. The summed E-state index contributed by atoms with van der Waals surface area (Å²) in [6.07, 6.45) is 10.1. The van der Waals surface area contributed by atoms with Crippen LogP contribution in [0.25, 0.3) is 0 Å². The van der Waals surface area contributed by atoms with Crippen molar-refractivity contribution in [3.8, 4) is 24.7 Å². The maximum atomic E-state index is 10.6. The van der Waals surface area contributed by atoms with E-state index in [-0.39, 0.29) is 12.2 Å². The summed E-state index contributed by atoms with van der Waals surface area (Å²) in [5.41, 5.74) is 7.36. The van der Waals surface area contributed by atoms with Crippen molar-refractivity contribution in [3.63, 3.8) is 0 Å². The Morgan fingerprint density at radius 2 is 1.50 bits per heavy atom. The highest BCUT2D eigenvalue weighted by molar-refractivity contribution is 6.31. The molecule has 0 atom stereocenters. The zero-order chi connectivity index (χ0) is 19.5. The molecule has 4 N–H and O–H groups in total. The summed E-state index contributed by atoms with van der Waals surface area (Å²) in [5.74, 6) is 4.78. The number of hydrogen-bond acceptors (Lipinski definition) is 5. The molecule has 0 saturated heterocycles. The second kappa shape index (κ2) is 10.7. The molecule has 0 heterocycles. The summed E-state index contributed by atoms with van der Waals surface area (Å²) in [6.45, 7) is 0.672. The molecule has 8 heteroatoms. The van der Waals surface area contributed by atoms with Crippen LogP contribution in [0.1, 0.15) is 0 Å². The molecule has 2 rings (SSSR count). The number of hydrogen-bond donors (Lipinski definition) is 3. The van der Waals surface area contributed by atoms with Gasteiger partial charge in [0.15, 0.2) is 0 Å². The van der Waals surface area contributed by atoms with Crippen molar-refractivity contribution in [2.24, 2.45) is 0 Å². The van der Waals surface area contributed by atoms with Gasteiger partial charge < -0.3 is 16.4 Å². The van der Waals surface area contributed by atoms with Crippen molar-refractivity contribution in [1.82, 2.24) is 0 Å². The number of halogens is 2. The van der Waals surface area contributed by atoms with Crippen molar-refractivity contribution < 1.29 is 4.92 Å². The van der Waals surface area contributed by atoms with Crippen molar-refractivity contribution >= 4 is 46.0 Å². The van der Waals surface area contributed by atoms with E-state index in [1.165, 1.54) is 18.2 Å². The van der Waals surface area contributed by atoms with Crippen LogP contribution in [0, 0.1) is 34.8 Å². The lowest BCUT2D eigenvalue weighted by Gasteiger charge is -2.05. The summed E-state index contributed by atoms with van der Waals surface area (Å²) >= 11 is 11.4. The maximum Gasteiger partial charge on any atom is 0.292 e. The number of anilines is 3. The molecule has 26 heavy (non-hydrogen) atoms. The second-order valence-electron chi connectivity index (χ2n) is 4.77. The predicted octanol–water partition coefficient (Wildman–Crippen LogP) is 4.26. The van der Waals surface area contributed by atoms with E-state index in [9.17, 15) is 10.1 Å². The number of terminal acetylenes is 2. The fourth-order valence-electron chi connectivity index (χ4n) is 1.78. The molecule has 0 spiro atoms. The Morgan fingerprint density at radius 1 is 1.00 bits per heavy atom. The van der Waals surface area contributed by atoms with E-state index >= 15 is 0 Å². The third-order valence-electron chi connectivity index (χ3n) is 2.93. The van der Waals surface area contributed by atoms with Crippen molar-refractivity contribution in [2.45, 2.75) is 0 Å². The predicted molar refractivity (Wildman–Crippen MR) is 109 cm³/mol. The number of nitrogen functional groups attached to an aromatic ring is 1. The third-order valence-corrected chi connectivity index (χ3v) is 3.40. The third kappa shape index (κ3) is 6.82. The number of nitrogens with one attached hydrogen (secondary N) is 2. The van der Waals surface area contributed by atoms with Gasteiger partial charge in [-0.2, -0.15) is 0 Å². The fourth-order valence-corrected chi connectivity index (χ4v) is 2.13. The van der Waals surface area contributed by atoms with Crippen LogP contribution < -0.4 is 16.4 Å². The average molecular weight is 391 g/mol. The number of nitro benzene ring substituents is 1. The average Bonchev–Trinajstić information content (AvgIpc) is 2.61. The summed E-state index contributed by atoms with van der Waals surface area (Å²) < 4.78 is 0. The SMILES string of the molecule is C#CCNc1cc(Cl)ccc1N.C#CCNc1cc(Cl)ccc1[N+](=O)[O-]. The molecule has 0 aliphatic rings. The standard InChI is InChI=1S/C9H7ClN2O2.C9H9ClN2/c1-2-5-11-8-6-7(10)3-4-9(8)12(13)14;1-2-5-12-9-6-7(10)3-4-8(9)11/h1,3-4,6,11H,5H2;1,3-4,6,12H,5,11H2. The van der Waals surface area contributed by atoms with Crippen LogP contribution in [0.15, 0.2) is 36.4 Å². The summed E-state index contributed by atoms with van der Waals surface area (Å²) in [6, 6.07) is 9.48. The molecule has 0 aromatic heterocycles. The molecule has 0 fully saturated rings. The lowest BCUT2D eigenvalue weighted by Crippen LogP contribution is -2.01. The van der Waals surface area contributed by atoms with Crippen molar-refractivity contribution in [3.05, 3.63) is 56.6 Å². The molecule has 0 bridgehead atoms. The van der Waals surface area contributed by atoms with Gasteiger partial charge in [-0.25, -0.2) is 0 Å². The highest BCUT2D eigenvalue weighted by Crippen LogP contribution is 2.27. The number of nitro groups is 1. The van der Waals surface area contributed by atoms with Gasteiger partial charge >= 0.3 is 0 Å². The van der Waals surface area contributed by atoms with E-state index in [0.717, 1.165) is 5.69 Å². The summed E-state index contributed by atoms with van der Waals surface area (Å²) in [4.78, 5) is 10.1. The van der Waals surface area contributed by atoms with E-state index in [2.05, 4.69) is 22.5 Å². The minimum Gasteiger partial charge on any atom is -0.397 e. The minimum absolute atomic E-state index is 0.0374. The van der Waals surface area contributed by atoms with Gasteiger partial charge in [-0.3, -0.25) is 10.1 Å². The molecule has 0 unspecified atom stereocenters. The highest BCUT2D eigenvalue weighted by Gasteiger charge is 2.12. The van der Waals surface area contributed by atoms with E-state index in [1.54, 1.807) is 18.2 Å². The summed E-state index contributed by atoms with van der Waals surface area (Å²) in [5, 5.41) is 17.3. The first-order valence-electron chi connectivity index (χ1n) is 7.22. The Morgan fingerprint density at radius 3 is 2.04 bits per heavy atom. The van der Waals surface area contributed by atoms with Gasteiger partial charge in [-0.05, 0) is 30.3 Å². The van der Waals surface area contributed by atoms with Gasteiger partial charge in [0.1, 0.15) is 5.69 Å². The van der Waals surface area contributed by atoms with Gasteiger partial charge in [-0.1, -0.05) is 35.0 Å². The molecule has 2 aromatic carbocycles. The van der Waals surface area contributed by atoms with Crippen LogP contribution >= 0.6 is 23.2 Å². The monoisotopic (exact) mass is 390 g/mol. The first kappa shape index (κ1) is 21.0. The van der Waals surface area contributed by atoms with E-state index in [4.69, 9.17) is 41.8 Å². The van der Waals surface area contributed by atoms with Crippen LogP contribution in [0.4, 0.5) is 22.7 Å². The fraction of sp³-hybridized carbons (Fsp3) is 0.111. The minimum atomic E-state index is -0.491. The Balaban J connectivity index is 0.000000263. The maximum absolute atomic E-state index is 10.6. The zero-order valence-corrected chi connectivity index (χ0v) is 15.1. The van der Waals surface area contributed by atoms with E-state index in [0.29, 0.717) is 28.0 Å². The molecular weight excluding hydrogens is 375 g/mol. The summed E-state index contributed by atoms with van der Waals surface area (Å²) in [7, 11) is 0. The lowest BCUT2D eigenvalue weighted by molar-refractivity contribution is -0.383. The number of rotatable bonds is 5. The van der Waals surface area contributed by atoms with E-state index < -0.39 is 4.92 Å². The first-order chi connectivity index (χ1) is 12.4. The molecule has 0 aliphatic carbocycles. The van der Waals surface area contributed by atoms with Gasteiger partial charge in [0.2, 0.25) is 0 Å². The molecule has 0 radical (unpaired) electrons. The molecule has 6 nitrogen and oxygen atoms in total. The van der Waals surface area contributed by atoms with Gasteiger partial charge in [-0.15, -0.1) is 12.8 Å². The Labute approximate surface area is 161 Å². The topological polar surface area (TPSA) is 93.2 Å². The first-order valence-corrected chi connectivity index (χ1v) is 7.98. The molecule has 0 aliphatic heterocycles. The van der Waals surface area contributed by atoms with Crippen LogP contribution in [0.2, 0.25) is 10.0 Å². The van der Waals surface area contributed by atoms with E-state index in [1.807, 2.05) is 0 Å².